The van der Waals surface area contributed by atoms with Crippen LogP contribution in [-0.2, 0) is 9.59 Å². The van der Waals surface area contributed by atoms with Crippen molar-refractivity contribution in [2.24, 2.45) is 11.8 Å². The number of aromatic nitrogens is 1. The van der Waals surface area contributed by atoms with Gasteiger partial charge >= 0.3 is 0 Å². The largest absolute Gasteiger partial charge is 0.356 e. The third kappa shape index (κ3) is 7.06. The lowest BCUT2D eigenvalue weighted by atomic mass is 9.92. The molecule has 1 saturated heterocycles. The van der Waals surface area contributed by atoms with E-state index >= 15 is 0 Å². The molecule has 4 rings (SSSR count). The second-order valence-electron chi connectivity index (χ2n) is 10.6. The van der Waals surface area contributed by atoms with E-state index in [-0.39, 0.29) is 24.7 Å². The molecule has 2 aromatic rings. The monoisotopic (exact) mass is 476 g/mol. The molecule has 1 aliphatic heterocycles. The number of piperidine rings is 1. The van der Waals surface area contributed by atoms with Gasteiger partial charge in [-0.1, -0.05) is 25.5 Å². The third-order valence-electron chi connectivity index (χ3n) is 7.21. The van der Waals surface area contributed by atoms with Crippen LogP contribution in [-0.4, -0.2) is 36.4 Å². The fraction of sp³-hybridized carbons (Fsp3) is 0.552. The highest BCUT2D eigenvalue weighted by Gasteiger charge is 2.23. The van der Waals surface area contributed by atoms with Crippen molar-refractivity contribution in [1.82, 2.24) is 10.3 Å². The lowest BCUT2D eigenvalue weighted by molar-refractivity contribution is -0.124. The van der Waals surface area contributed by atoms with Gasteiger partial charge in [0.2, 0.25) is 11.8 Å². The van der Waals surface area contributed by atoms with E-state index in [1.54, 1.807) is 0 Å². The smallest absolute Gasteiger partial charge is 0.224 e. The number of hydrogen-bond acceptors (Lipinski definition) is 4. The number of carbonyl (C=O) groups is 2. The molecule has 0 saturated carbocycles. The Kier molecular flexibility index (Phi) is 8.42. The molecule has 2 N–H and O–H groups in total. The summed E-state index contributed by atoms with van der Waals surface area (Å²) in [5.74, 6) is 2.17. The van der Waals surface area contributed by atoms with Crippen LogP contribution in [0.15, 0.2) is 35.9 Å². The van der Waals surface area contributed by atoms with Gasteiger partial charge in [0.1, 0.15) is 5.82 Å². The van der Waals surface area contributed by atoms with Crippen molar-refractivity contribution in [3.05, 3.63) is 41.5 Å². The number of nitrogens with zero attached hydrogens (tertiary/aromatic N) is 2. The predicted octanol–water partition coefficient (Wildman–Crippen LogP) is 5.75. The lowest BCUT2D eigenvalue weighted by Crippen LogP contribution is -2.39. The Balaban J connectivity index is 1.29. The van der Waals surface area contributed by atoms with Crippen LogP contribution in [0.25, 0.3) is 10.9 Å². The number of fused-ring (bicyclic) bond motifs is 1. The van der Waals surface area contributed by atoms with Gasteiger partial charge in [-0.2, -0.15) is 0 Å². The van der Waals surface area contributed by atoms with E-state index in [1.807, 2.05) is 18.2 Å². The molecule has 1 aliphatic carbocycles. The maximum Gasteiger partial charge on any atom is 0.224 e. The van der Waals surface area contributed by atoms with E-state index in [4.69, 9.17) is 4.98 Å². The molecular weight excluding hydrogens is 436 g/mol. The first-order valence-electron chi connectivity index (χ1n) is 13.3. The second-order valence-corrected chi connectivity index (χ2v) is 10.6. The summed E-state index contributed by atoms with van der Waals surface area (Å²) in [6.07, 6.45) is 9.70. The Bertz CT molecular complexity index is 1080. The van der Waals surface area contributed by atoms with Gasteiger partial charge in [0.25, 0.3) is 0 Å². The maximum absolute atomic E-state index is 12.5. The van der Waals surface area contributed by atoms with Crippen LogP contribution in [0.1, 0.15) is 70.8 Å². The minimum absolute atomic E-state index is 0.0657. The number of amides is 2. The summed E-state index contributed by atoms with van der Waals surface area (Å²) in [7, 11) is 0. The molecule has 188 valence electrons. The summed E-state index contributed by atoms with van der Waals surface area (Å²) in [6, 6.07) is 8.02. The number of carbonyl (C=O) groups excluding carboxylic acids is 2. The van der Waals surface area contributed by atoms with Crippen molar-refractivity contribution in [3.63, 3.8) is 0 Å². The van der Waals surface area contributed by atoms with E-state index in [9.17, 15) is 9.59 Å². The van der Waals surface area contributed by atoms with Gasteiger partial charge in [-0.15, -0.1) is 0 Å². The number of nitrogens with one attached hydrogen (secondary N) is 2. The molecule has 35 heavy (non-hydrogen) atoms. The first-order chi connectivity index (χ1) is 16.9. The van der Waals surface area contributed by atoms with Crippen molar-refractivity contribution in [3.8, 4) is 0 Å². The normalized spacial score (nSPS) is 20.4. The van der Waals surface area contributed by atoms with E-state index in [0.717, 1.165) is 60.3 Å². The van der Waals surface area contributed by atoms with Crippen LogP contribution in [0, 0.1) is 18.8 Å². The number of anilines is 2. The number of aryl methyl sites for hydroxylation is 1. The molecule has 1 aromatic heterocycles. The number of benzene rings is 1. The van der Waals surface area contributed by atoms with E-state index < -0.39 is 0 Å². The molecule has 2 aliphatic rings. The van der Waals surface area contributed by atoms with Gasteiger partial charge in [-0.05, 0) is 87.1 Å². The van der Waals surface area contributed by atoms with Crippen molar-refractivity contribution >= 4 is 34.2 Å². The standard InChI is InChI=1S/C29H40N4O2/c1-20-15-21(2)19-33(18-20)27-16-22(3)25-17-24(9-10-26(25)32-27)31-29(35)12-11-28(34)30-14-13-23-7-5-4-6-8-23/h7,9-10,16-17,20-21H,4-6,8,11-15,18-19H2,1-3H3,(H,30,34)(H,31,35)/t20-,21+. The highest BCUT2D eigenvalue weighted by Crippen LogP contribution is 2.29. The van der Waals surface area contributed by atoms with E-state index in [0.29, 0.717) is 18.4 Å². The summed E-state index contributed by atoms with van der Waals surface area (Å²) in [5.41, 5.74) is 4.28. The number of rotatable bonds is 8. The fourth-order valence-electron chi connectivity index (χ4n) is 5.50. The Morgan fingerprint density at radius 2 is 1.83 bits per heavy atom. The average Bonchev–Trinajstić information content (AvgIpc) is 2.83. The number of allylic oxidation sites excluding steroid dienone is 1. The minimum atomic E-state index is -0.145. The zero-order valence-corrected chi connectivity index (χ0v) is 21.5. The summed E-state index contributed by atoms with van der Waals surface area (Å²) in [6.45, 7) is 9.46. The lowest BCUT2D eigenvalue weighted by Gasteiger charge is -2.36. The number of hydrogen-bond donors (Lipinski definition) is 2. The van der Waals surface area contributed by atoms with Crippen LogP contribution in [0.2, 0.25) is 0 Å². The Labute approximate surface area is 209 Å². The summed E-state index contributed by atoms with van der Waals surface area (Å²) in [5, 5.41) is 6.94. The first kappa shape index (κ1) is 25.2. The highest BCUT2D eigenvalue weighted by atomic mass is 16.2. The predicted molar refractivity (Wildman–Crippen MR) is 144 cm³/mol. The van der Waals surface area contributed by atoms with Crippen molar-refractivity contribution < 1.29 is 9.59 Å². The molecule has 0 unspecified atom stereocenters. The molecule has 6 heteroatoms. The maximum atomic E-state index is 12.5. The molecule has 2 amide bonds. The average molecular weight is 477 g/mol. The Hall–Kier alpha value is -2.89. The third-order valence-corrected chi connectivity index (χ3v) is 7.21. The molecule has 0 bridgehead atoms. The molecule has 2 atom stereocenters. The Morgan fingerprint density at radius 3 is 2.57 bits per heavy atom. The van der Waals surface area contributed by atoms with Gasteiger partial charge in [0.15, 0.2) is 0 Å². The molecular formula is C29H40N4O2. The topological polar surface area (TPSA) is 74.3 Å². The van der Waals surface area contributed by atoms with Crippen LogP contribution in [0.4, 0.5) is 11.5 Å². The van der Waals surface area contributed by atoms with E-state index in [1.165, 1.54) is 24.8 Å². The quantitative estimate of drug-likeness (QED) is 0.476. The molecule has 2 heterocycles. The Morgan fingerprint density at radius 1 is 1.06 bits per heavy atom. The van der Waals surface area contributed by atoms with E-state index in [2.05, 4.69) is 48.4 Å². The SMILES string of the molecule is Cc1cc(N2C[C@H](C)C[C@H](C)C2)nc2ccc(NC(=O)CCC(=O)NCCC3=CCCCC3)cc12. The molecule has 6 nitrogen and oxygen atoms in total. The summed E-state index contributed by atoms with van der Waals surface area (Å²) < 4.78 is 0. The van der Waals surface area contributed by atoms with Crippen LogP contribution in [0.5, 0.6) is 0 Å². The minimum Gasteiger partial charge on any atom is -0.356 e. The van der Waals surface area contributed by atoms with Crippen LogP contribution >= 0.6 is 0 Å². The number of pyridine rings is 1. The molecule has 0 radical (unpaired) electrons. The zero-order valence-electron chi connectivity index (χ0n) is 21.5. The van der Waals surface area contributed by atoms with Gasteiger partial charge < -0.3 is 15.5 Å². The van der Waals surface area contributed by atoms with Crippen LogP contribution in [0.3, 0.4) is 0 Å². The van der Waals surface area contributed by atoms with Gasteiger partial charge in [-0.25, -0.2) is 4.98 Å². The molecule has 0 spiro atoms. The van der Waals surface area contributed by atoms with Crippen molar-refractivity contribution in [1.29, 1.82) is 0 Å². The zero-order chi connectivity index (χ0) is 24.8. The second kappa shape index (κ2) is 11.7. The van der Waals surface area contributed by atoms with Crippen LogP contribution < -0.4 is 15.5 Å². The summed E-state index contributed by atoms with van der Waals surface area (Å²) >= 11 is 0. The van der Waals surface area contributed by atoms with Gasteiger partial charge in [-0.3, -0.25) is 9.59 Å². The van der Waals surface area contributed by atoms with Gasteiger partial charge in [0, 0.05) is 43.5 Å². The summed E-state index contributed by atoms with van der Waals surface area (Å²) in [4.78, 5) is 31.9. The highest BCUT2D eigenvalue weighted by molar-refractivity contribution is 5.96. The fourth-order valence-corrected chi connectivity index (χ4v) is 5.50. The molecule has 1 fully saturated rings. The van der Waals surface area contributed by atoms with Gasteiger partial charge in [0.05, 0.1) is 5.52 Å². The first-order valence-corrected chi connectivity index (χ1v) is 13.3. The molecule has 1 aromatic carbocycles. The van der Waals surface area contributed by atoms with Crippen molar-refractivity contribution in [2.45, 2.75) is 72.1 Å². The van der Waals surface area contributed by atoms with Crippen molar-refractivity contribution in [2.75, 3.05) is 29.9 Å².